The number of methoxy groups -OCH3 is 1. The molecule has 0 unspecified atom stereocenters. The molecule has 1 aliphatic rings. The second-order valence-corrected chi connectivity index (χ2v) is 5.29. The van der Waals surface area contributed by atoms with E-state index < -0.39 is 43.3 Å². The Bertz CT molecular complexity index is 492. The highest BCUT2D eigenvalue weighted by atomic mass is 16.7. The van der Waals surface area contributed by atoms with E-state index in [-0.39, 0.29) is 6.61 Å². The number of aliphatic hydroxyl groups is 2. The Kier molecular flexibility index (Phi) is 6.49. The standard InChI is InChI=1S/C16H22O7/c1-10(18)22-14-13(19)12(8-17)23-16(20-2)15(14)21-9-11-6-4-3-5-7-11/h3-7,12-17,19H,8-9H2,1-2H3/t12-,13-,14+,15-,16+/m1/s1. The van der Waals surface area contributed by atoms with Crippen LogP contribution in [-0.2, 0) is 30.3 Å². The topological polar surface area (TPSA) is 94.5 Å². The molecule has 0 amide bonds. The summed E-state index contributed by atoms with van der Waals surface area (Å²) in [6, 6.07) is 9.43. The second-order valence-electron chi connectivity index (χ2n) is 5.29. The minimum atomic E-state index is -1.21. The van der Waals surface area contributed by atoms with Gasteiger partial charge >= 0.3 is 5.97 Å². The fourth-order valence-electron chi connectivity index (χ4n) is 2.50. The lowest BCUT2D eigenvalue weighted by Gasteiger charge is -2.42. The van der Waals surface area contributed by atoms with E-state index in [4.69, 9.17) is 18.9 Å². The molecule has 1 aromatic carbocycles. The van der Waals surface area contributed by atoms with Gasteiger partial charge in [-0.3, -0.25) is 4.79 Å². The molecule has 5 atom stereocenters. The molecule has 1 saturated heterocycles. The van der Waals surface area contributed by atoms with E-state index in [0.29, 0.717) is 0 Å². The van der Waals surface area contributed by atoms with E-state index in [0.717, 1.165) is 5.56 Å². The first-order chi connectivity index (χ1) is 11.1. The SMILES string of the molecule is CO[C@H]1O[C@H](CO)[C@@H](O)[C@H](OC(C)=O)[C@H]1OCc1ccccc1. The maximum Gasteiger partial charge on any atom is 0.303 e. The number of aliphatic hydroxyl groups excluding tert-OH is 2. The fraction of sp³-hybridized carbons (Fsp3) is 0.562. The largest absolute Gasteiger partial charge is 0.457 e. The van der Waals surface area contributed by atoms with E-state index in [9.17, 15) is 15.0 Å². The molecule has 0 aromatic heterocycles. The normalized spacial score (nSPS) is 30.9. The molecule has 0 bridgehead atoms. The van der Waals surface area contributed by atoms with Crippen LogP contribution < -0.4 is 0 Å². The molecule has 7 nitrogen and oxygen atoms in total. The van der Waals surface area contributed by atoms with Crippen molar-refractivity contribution >= 4 is 5.97 Å². The van der Waals surface area contributed by atoms with Gasteiger partial charge in [-0.2, -0.15) is 0 Å². The van der Waals surface area contributed by atoms with E-state index >= 15 is 0 Å². The number of carbonyl (C=O) groups is 1. The summed E-state index contributed by atoms with van der Waals surface area (Å²) in [5.41, 5.74) is 0.919. The van der Waals surface area contributed by atoms with Crippen LogP contribution in [0.5, 0.6) is 0 Å². The van der Waals surface area contributed by atoms with E-state index in [1.54, 1.807) is 0 Å². The van der Waals surface area contributed by atoms with Gasteiger partial charge in [0.05, 0.1) is 13.2 Å². The quantitative estimate of drug-likeness (QED) is 0.723. The van der Waals surface area contributed by atoms with Crippen LogP contribution in [0, 0.1) is 0 Å². The van der Waals surface area contributed by atoms with E-state index in [2.05, 4.69) is 0 Å². The van der Waals surface area contributed by atoms with Crippen molar-refractivity contribution in [1.82, 2.24) is 0 Å². The molecular weight excluding hydrogens is 304 g/mol. The second kappa shape index (κ2) is 8.37. The van der Waals surface area contributed by atoms with Gasteiger partial charge in [-0.1, -0.05) is 30.3 Å². The van der Waals surface area contributed by atoms with Gasteiger partial charge in [0, 0.05) is 14.0 Å². The van der Waals surface area contributed by atoms with Gasteiger partial charge in [0.15, 0.2) is 12.4 Å². The predicted octanol–water partition coefficient (Wildman–Crippen LogP) is 0.228. The average Bonchev–Trinajstić information content (AvgIpc) is 2.56. The molecule has 2 N–H and O–H groups in total. The molecule has 1 aliphatic heterocycles. The first-order valence-corrected chi connectivity index (χ1v) is 7.36. The summed E-state index contributed by atoms with van der Waals surface area (Å²) >= 11 is 0. The first kappa shape index (κ1) is 17.8. The van der Waals surface area contributed by atoms with Crippen LogP contribution in [0.25, 0.3) is 0 Å². The highest BCUT2D eigenvalue weighted by molar-refractivity contribution is 5.66. The molecule has 0 radical (unpaired) electrons. The molecule has 2 rings (SSSR count). The lowest BCUT2D eigenvalue weighted by Crippen LogP contribution is -2.61. The molecule has 128 valence electrons. The van der Waals surface area contributed by atoms with Gasteiger partial charge in [0.25, 0.3) is 0 Å². The summed E-state index contributed by atoms with van der Waals surface area (Å²) in [7, 11) is 1.42. The van der Waals surface area contributed by atoms with Crippen LogP contribution in [-0.4, -0.2) is 60.6 Å². The van der Waals surface area contributed by atoms with Crippen LogP contribution in [0.2, 0.25) is 0 Å². The average molecular weight is 326 g/mol. The predicted molar refractivity (Wildman–Crippen MR) is 79.3 cm³/mol. The summed E-state index contributed by atoms with van der Waals surface area (Å²) in [6.45, 7) is 1.05. The van der Waals surface area contributed by atoms with Crippen LogP contribution in [0.1, 0.15) is 12.5 Å². The van der Waals surface area contributed by atoms with Crippen molar-refractivity contribution in [2.45, 2.75) is 44.2 Å². The summed E-state index contributed by atoms with van der Waals surface area (Å²) in [4.78, 5) is 11.3. The zero-order valence-electron chi connectivity index (χ0n) is 13.1. The highest BCUT2D eigenvalue weighted by Gasteiger charge is 2.48. The van der Waals surface area contributed by atoms with Crippen LogP contribution >= 0.6 is 0 Å². The maximum atomic E-state index is 11.3. The molecule has 1 aromatic rings. The molecule has 23 heavy (non-hydrogen) atoms. The molecule has 0 saturated carbocycles. The first-order valence-electron chi connectivity index (χ1n) is 7.36. The Labute approximate surface area is 134 Å². The number of hydrogen-bond donors (Lipinski definition) is 2. The summed E-state index contributed by atoms with van der Waals surface area (Å²) in [5.74, 6) is -0.559. The summed E-state index contributed by atoms with van der Waals surface area (Å²) in [6.07, 6.45) is -4.81. The van der Waals surface area contributed by atoms with Crippen molar-refractivity contribution in [2.75, 3.05) is 13.7 Å². The third-order valence-corrected chi connectivity index (χ3v) is 3.62. The number of esters is 1. The molecule has 0 aliphatic carbocycles. The molecule has 7 heteroatoms. The lowest BCUT2D eigenvalue weighted by atomic mass is 9.98. The van der Waals surface area contributed by atoms with Crippen molar-refractivity contribution in [2.24, 2.45) is 0 Å². The monoisotopic (exact) mass is 326 g/mol. The third kappa shape index (κ3) is 4.49. The van der Waals surface area contributed by atoms with Crippen LogP contribution in [0.3, 0.4) is 0 Å². The lowest BCUT2D eigenvalue weighted by molar-refractivity contribution is -0.307. The Morgan fingerprint density at radius 3 is 2.52 bits per heavy atom. The number of benzene rings is 1. The summed E-state index contributed by atoms with van der Waals surface area (Å²) in [5, 5.41) is 19.6. The number of hydrogen-bond acceptors (Lipinski definition) is 7. The Balaban J connectivity index is 2.14. The van der Waals surface area contributed by atoms with Crippen molar-refractivity contribution in [3.8, 4) is 0 Å². The number of ether oxygens (including phenoxy) is 4. The number of rotatable bonds is 6. The van der Waals surface area contributed by atoms with Crippen LogP contribution in [0.15, 0.2) is 30.3 Å². The zero-order valence-corrected chi connectivity index (χ0v) is 13.1. The van der Waals surface area contributed by atoms with E-state index in [1.807, 2.05) is 30.3 Å². The summed E-state index contributed by atoms with van der Waals surface area (Å²) < 4.78 is 21.7. The van der Waals surface area contributed by atoms with Gasteiger partial charge in [0.1, 0.15) is 18.3 Å². The van der Waals surface area contributed by atoms with Crippen molar-refractivity contribution in [1.29, 1.82) is 0 Å². The van der Waals surface area contributed by atoms with Gasteiger partial charge in [-0.25, -0.2) is 0 Å². The minimum Gasteiger partial charge on any atom is -0.457 e. The van der Waals surface area contributed by atoms with E-state index in [1.165, 1.54) is 14.0 Å². The Hall–Kier alpha value is -1.51. The smallest absolute Gasteiger partial charge is 0.303 e. The minimum absolute atomic E-state index is 0.239. The van der Waals surface area contributed by atoms with Crippen molar-refractivity contribution in [3.05, 3.63) is 35.9 Å². The highest BCUT2D eigenvalue weighted by Crippen LogP contribution is 2.27. The maximum absolute atomic E-state index is 11.3. The molecule has 1 fully saturated rings. The van der Waals surface area contributed by atoms with Crippen molar-refractivity contribution in [3.63, 3.8) is 0 Å². The molecule has 0 spiro atoms. The third-order valence-electron chi connectivity index (χ3n) is 3.62. The molecular formula is C16H22O7. The number of carbonyl (C=O) groups excluding carboxylic acids is 1. The van der Waals surface area contributed by atoms with Crippen molar-refractivity contribution < 1.29 is 34.0 Å². The fourth-order valence-corrected chi connectivity index (χ4v) is 2.50. The molecule has 1 heterocycles. The van der Waals surface area contributed by atoms with Gasteiger partial charge in [-0.05, 0) is 5.56 Å². The van der Waals surface area contributed by atoms with Gasteiger partial charge in [-0.15, -0.1) is 0 Å². The zero-order chi connectivity index (χ0) is 16.8. The van der Waals surface area contributed by atoms with Gasteiger partial charge in [0.2, 0.25) is 0 Å². The van der Waals surface area contributed by atoms with Crippen LogP contribution in [0.4, 0.5) is 0 Å². The Morgan fingerprint density at radius 1 is 1.26 bits per heavy atom. The van der Waals surface area contributed by atoms with Gasteiger partial charge < -0.3 is 29.2 Å². The Morgan fingerprint density at radius 2 is 1.96 bits per heavy atom.